The van der Waals surface area contributed by atoms with Crippen LogP contribution in [0.15, 0.2) is 46.1 Å². The highest BCUT2D eigenvalue weighted by Gasteiger charge is 2.29. The molecule has 1 heterocycles. The van der Waals surface area contributed by atoms with Gasteiger partial charge in [-0.25, -0.2) is 13.8 Å². The smallest absolute Gasteiger partial charge is 0.282 e. The van der Waals surface area contributed by atoms with Crippen molar-refractivity contribution in [1.29, 1.82) is 0 Å². The number of anilines is 4. The maximum atomic E-state index is 14.9. The Balaban J connectivity index is 1.95. The van der Waals surface area contributed by atoms with Gasteiger partial charge in [0.15, 0.2) is 5.82 Å². The van der Waals surface area contributed by atoms with Crippen LogP contribution in [0, 0.1) is 11.6 Å². The Morgan fingerprint density at radius 3 is 2.59 bits per heavy atom. The van der Waals surface area contributed by atoms with Crippen LogP contribution in [0.1, 0.15) is 0 Å². The molecule has 0 radical (unpaired) electrons. The minimum atomic E-state index is -4.45. The Morgan fingerprint density at radius 2 is 1.94 bits per heavy atom. The fourth-order valence-electron chi connectivity index (χ4n) is 2.80. The summed E-state index contributed by atoms with van der Waals surface area (Å²) in [6, 6.07) is 5.98. The Bertz CT molecular complexity index is 1200. The molecule has 2 aromatic carbocycles. The molecular formula is C19H19Cl2F2N5O2S2. The number of halogens is 4. The van der Waals surface area contributed by atoms with Gasteiger partial charge in [0.1, 0.15) is 16.5 Å². The molecule has 2 N–H and O–H groups in total. The number of likely N-dealkylation sites (N-methyl/N-ethyl adjacent to an activating group) is 2. The standard InChI is InChI=1S/C19H19Cl2F2N5O2S2/c1-24-5-6-27(2)17-7-12(22)3-4-15(17)26-16-9-14(23)18(8-13(16)20)32(29,30)28(21)19-10-31-11-25-19/h3-4,7-11,24,26H,5-6H2,1-2H3. The molecule has 0 amide bonds. The Kier molecular flexibility index (Phi) is 7.78. The molecule has 0 aliphatic heterocycles. The van der Waals surface area contributed by atoms with Crippen LogP contribution in [0.2, 0.25) is 5.02 Å². The number of rotatable bonds is 9. The van der Waals surface area contributed by atoms with Crippen LogP contribution in [0.4, 0.5) is 31.7 Å². The molecule has 32 heavy (non-hydrogen) atoms. The van der Waals surface area contributed by atoms with Crippen molar-refractivity contribution < 1.29 is 17.2 Å². The normalized spacial score (nSPS) is 11.4. The molecule has 7 nitrogen and oxygen atoms in total. The fraction of sp³-hybridized carbons (Fsp3) is 0.211. The van der Waals surface area contributed by atoms with E-state index in [4.69, 9.17) is 23.4 Å². The number of thiazole rings is 1. The van der Waals surface area contributed by atoms with Crippen molar-refractivity contribution in [2.45, 2.75) is 4.90 Å². The summed E-state index contributed by atoms with van der Waals surface area (Å²) >= 11 is 13.3. The molecule has 0 unspecified atom stereocenters. The summed E-state index contributed by atoms with van der Waals surface area (Å²) in [6.45, 7) is 1.23. The lowest BCUT2D eigenvalue weighted by Crippen LogP contribution is -2.27. The van der Waals surface area contributed by atoms with Crippen LogP contribution < -0.4 is 19.4 Å². The van der Waals surface area contributed by atoms with Crippen LogP contribution in [0.25, 0.3) is 0 Å². The number of hydrogen-bond acceptors (Lipinski definition) is 7. The highest BCUT2D eigenvalue weighted by molar-refractivity contribution is 7.94. The molecule has 0 aliphatic carbocycles. The maximum absolute atomic E-state index is 14.9. The van der Waals surface area contributed by atoms with E-state index in [1.54, 1.807) is 14.1 Å². The quantitative estimate of drug-likeness (QED) is 0.393. The summed E-state index contributed by atoms with van der Waals surface area (Å²) in [5.74, 6) is -1.57. The van der Waals surface area contributed by atoms with E-state index < -0.39 is 26.6 Å². The number of nitrogens with zero attached hydrogens (tertiary/aromatic N) is 3. The van der Waals surface area contributed by atoms with E-state index in [1.165, 1.54) is 29.1 Å². The summed E-state index contributed by atoms with van der Waals surface area (Å²) in [4.78, 5) is 4.92. The Hall–Kier alpha value is -2.18. The molecule has 13 heteroatoms. The second-order valence-corrected chi connectivity index (χ2v) is 10.1. The van der Waals surface area contributed by atoms with E-state index in [1.807, 2.05) is 4.90 Å². The highest BCUT2D eigenvalue weighted by Crippen LogP contribution is 2.36. The largest absolute Gasteiger partial charge is 0.372 e. The number of sulfonamides is 1. The molecule has 0 bridgehead atoms. The molecular weight excluding hydrogens is 503 g/mol. The minimum absolute atomic E-state index is 0.0602. The van der Waals surface area contributed by atoms with Crippen LogP contribution >= 0.6 is 34.7 Å². The van der Waals surface area contributed by atoms with E-state index >= 15 is 0 Å². The minimum Gasteiger partial charge on any atom is -0.372 e. The van der Waals surface area contributed by atoms with Gasteiger partial charge in [0, 0.05) is 43.4 Å². The Labute approximate surface area is 198 Å². The average molecular weight is 522 g/mol. The SMILES string of the molecule is CNCCN(C)c1cc(F)ccc1Nc1cc(F)c(S(=O)(=O)N(Cl)c2cscn2)cc1Cl. The van der Waals surface area contributed by atoms with Crippen molar-refractivity contribution in [2.24, 2.45) is 0 Å². The van der Waals surface area contributed by atoms with Crippen LogP contribution in [-0.2, 0) is 10.0 Å². The molecule has 3 aromatic rings. The van der Waals surface area contributed by atoms with Gasteiger partial charge in [0.2, 0.25) is 0 Å². The van der Waals surface area contributed by atoms with E-state index in [0.29, 0.717) is 28.3 Å². The zero-order chi connectivity index (χ0) is 23.5. The third kappa shape index (κ3) is 5.24. The van der Waals surface area contributed by atoms with Crippen LogP contribution in [0.5, 0.6) is 0 Å². The summed E-state index contributed by atoms with van der Waals surface area (Å²) < 4.78 is 54.5. The topological polar surface area (TPSA) is 77.6 Å². The molecule has 0 saturated heterocycles. The molecule has 3 rings (SSSR count). The number of nitrogens with one attached hydrogen (secondary N) is 2. The van der Waals surface area contributed by atoms with Crippen molar-refractivity contribution in [3.63, 3.8) is 0 Å². The molecule has 0 fully saturated rings. The summed E-state index contributed by atoms with van der Waals surface area (Å²) in [5.41, 5.74) is 2.48. The fourth-order valence-corrected chi connectivity index (χ4v) is 5.12. The molecule has 0 saturated carbocycles. The lowest BCUT2D eigenvalue weighted by molar-refractivity contribution is 0.568. The monoisotopic (exact) mass is 521 g/mol. The van der Waals surface area contributed by atoms with Gasteiger partial charge in [0.25, 0.3) is 10.0 Å². The second-order valence-electron chi connectivity index (χ2n) is 6.64. The van der Waals surface area contributed by atoms with Gasteiger partial charge in [-0.15, -0.1) is 11.3 Å². The number of hydrogen-bond donors (Lipinski definition) is 2. The zero-order valence-corrected chi connectivity index (χ0v) is 20.1. The third-order valence-electron chi connectivity index (χ3n) is 4.45. The summed E-state index contributed by atoms with van der Waals surface area (Å²) in [5, 5.41) is 7.29. The van der Waals surface area contributed by atoms with Crippen LogP contribution in [-0.4, -0.2) is 40.6 Å². The lowest BCUT2D eigenvalue weighted by Gasteiger charge is -2.23. The van der Waals surface area contributed by atoms with Crippen molar-refractivity contribution in [2.75, 3.05) is 41.2 Å². The van der Waals surface area contributed by atoms with Gasteiger partial charge >= 0.3 is 0 Å². The van der Waals surface area contributed by atoms with Crippen LogP contribution in [0.3, 0.4) is 0 Å². The van der Waals surface area contributed by atoms with Crippen molar-refractivity contribution >= 4 is 67.6 Å². The van der Waals surface area contributed by atoms with Gasteiger partial charge in [0.05, 0.1) is 27.6 Å². The van der Waals surface area contributed by atoms with Gasteiger partial charge in [-0.2, -0.15) is 12.2 Å². The molecule has 0 aliphatic rings. The van der Waals surface area contributed by atoms with Crippen molar-refractivity contribution in [3.05, 3.63) is 57.9 Å². The number of benzene rings is 2. The molecule has 0 spiro atoms. The Morgan fingerprint density at radius 1 is 1.19 bits per heavy atom. The maximum Gasteiger partial charge on any atom is 0.282 e. The molecule has 1 aromatic heterocycles. The first kappa shape index (κ1) is 24.5. The lowest BCUT2D eigenvalue weighted by atomic mass is 10.2. The summed E-state index contributed by atoms with van der Waals surface area (Å²) in [7, 11) is -0.872. The summed E-state index contributed by atoms with van der Waals surface area (Å²) in [6.07, 6.45) is 0. The zero-order valence-electron chi connectivity index (χ0n) is 16.9. The third-order valence-corrected chi connectivity index (χ3v) is 7.53. The van der Waals surface area contributed by atoms with Gasteiger partial charge in [-0.05, 0) is 31.3 Å². The van der Waals surface area contributed by atoms with E-state index in [0.717, 1.165) is 23.5 Å². The van der Waals surface area contributed by atoms with Gasteiger partial charge in [-0.3, -0.25) is 0 Å². The van der Waals surface area contributed by atoms with Gasteiger partial charge in [-0.1, -0.05) is 11.6 Å². The van der Waals surface area contributed by atoms with E-state index in [9.17, 15) is 17.2 Å². The number of aromatic nitrogens is 1. The first-order valence-electron chi connectivity index (χ1n) is 9.15. The average Bonchev–Trinajstić information content (AvgIpc) is 3.29. The van der Waals surface area contributed by atoms with E-state index in [2.05, 4.69) is 15.6 Å². The first-order valence-corrected chi connectivity index (χ1v) is 12.3. The first-order chi connectivity index (χ1) is 15.1. The highest BCUT2D eigenvalue weighted by atomic mass is 35.5. The van der Waals surface area contributed by atoms with Crippen molar-refractivity contribution in [3.8, 4) is 0 Å². The van der Waals surface area contributed by atoms with E-state index in [-0.39, 0.29) is 16.5 Å². The predicted octanol–water partition coefficient (Wildman–Crippen LogP) is 4.82. The second kappa shape index (κ2) is 10.2. The van der Waals surface area contributed by atoms with Gasteiger partial charge < -0.3 is 15.5 Å². The molecule has 172 valence electrons. The predicted molar refractivity (Wildman–Crippen MR) is 126 cm³/mol. The van der Waals surface area contributed by atoms with Crippen molar-refractivity contribution in [1.82, 2.24) is 10.3 Å². The molecule has 0 atom stereocenters.